The fraction of sp³-hybridized carbons (Fsp3) is 0.379. The maximum absolute atomic E-state index is 14.2. The average Bonchev–Trinajstić information content (AvgIpc) is 3.56. The molecule has 9 heteroatoms. The number of fused-ring (bicyclic) bond motifs is 3. The van der Waals surface area contributed by atoms with E-state index in [0.29, 0.717) is 19.4 Å². The Morgan fingerprint density at radius 1 is 1.00 bits per heavy atom. The zero-order valence-corrected chi connectivity index (χ0v) is 21.5. The first-order valence-corrected chi connectivity index (χ1v) is 12.8. The first kappa shape index (κ1) is 25.5. The normalized spacial score (nSPS) is 20.7. The third-order valence-electron chi connectivity index (χ3n) is 7.43. The highest BCUT2D eigenvalue weighted by Gasteiger charge is 2.48. The van der Waals surface area contributed by atoms with E-state index in [-0.39, 0.29) is 31.1 Å². The molecule has 3 aromatic rings. The standard InChI is InChI=1S/C29H31N3O6/c1-18(33)15-24-26-21(20-11-6-7-12-22(20)30-26)16-25(28(35)37-2)32(24)27(34)23-13-8-14-31(23)29(36)38-17-19-9-4-3-5-10-19/h3-7,9-12,23-25,30H,8,13-17H2,1-2H3/t23-,24+,25-/m0/s1. The van der Waals surface area contributed by atoms with Crippen LogP contribution in [0.4, 0.5) is 4.79 Å². The number of methoxy groups -OCH3 is 1. The van der Waals surface area contributed by atoms with Crippen molar-refractivity contribution in [3.05, 3.63) is 71.4 Å². The Balaban J connectivity index is 1.47. The van der Waals surface area contributed by atoms with Crippen molar-refractivity contribution in [3.63, 3.8) is 0 Å². The van der Waals surface area contributed by atoms with Crippen LogP contribution in [-0.2, 0) is 36.9 Å². The van der Waals surface area contributed by atoms with E-state index in [4.69, 9.17) is 9.47 Å². The third-order valence-corrected chi connectivity index (χ3v) is 7.43. The second-order valence-electron chi connectivity index (χ2n) is 9.86. The van der Waals surface area contributed by atoms with Crippen molar-refractivity contribution in [2.24, 2.45) is 0 Å². The number of carbonyl (C=O) groups excluding carboxylic acids is 4. The van der Waals surface area contributed by atoms with Crippen LogP contribution in [0.15, 0.2) is 54.6 Å². The number of amides is 2. The van der Waals surface area contributed by atoms with E-state index in [9.17, 15) is 19.2 Å². The molecule has 0 aliphatic carbocycles. The lowest BCUT2D eigenvalue weighted by Crippen LogP contribution is -2.57. The van der Waals surface area contributed by atoms with Crippen molar-refractivity contribution in [2.75, 3.05) is 13.7 Å². The van der Waals surface area contributed by atoms with Gasteiger partial charge in [0.05, 0.1) is 13.2 Å². The molecule has 2 aliphatic rings. The molecule has 2 aromatic carbocycles. The van der Waals surface area contributed by atoms with Gasteiger partial charge in [-0.15, -0.1) is 0 Å². The van der Waals surface area contributed by atoms with Crippen molar-refractivity contribution in [1.82, 2.24) is 14.8 Å². The number of likely N-dealkylation sites (tertiary alicyclic amines) is 1. The van der Waals surface area contributed by atoms with Crippen LogP contribution in [0.5, 0.6) is 0 Å². The van der Waals surface area contributed by atoms with Crippen molar-refractivity contribution < 1.29 is 28.7 Å². The number of aromatic amines is 1. The molecular weight excluding hydrogens is 486 g/mol. The highest BCUT2D eigenvalue weighted by Crippen LogP contribution is 2.40. The van der Waals surface area contributed by atoms with Gasteiger partial charge in [-0.1, -0.05) is 48.5 Å². The highest BCUT2D eigenvalue weighted by molar-refractivity contribution is 5.94. The summed E-state index contributed by atoms with van der Waals surface area (Å²) in [5, 5.41) is 0.948. The molecular formula is C29H31N3O6. The van der Waals surface area contributed by atoms with Crippen LogP contribution in [-0.4, -0.2) is 64.3 Å². The Morgan fingerprint density at radius 3 is 2.47 bits per heavy atom. The van der Waals surface area contributed by atoms with Crippen molar-refractivity contribution >= 4 is 34.7 Å². The van der Waals surface area contributed by atoms with Crippen LogP contribution in [0.3, 0.4) is 0 Å². The maximum atomic E-state index is 14.2. The lowest BCUT2D eigenvalue weighted by atomic mass is 9.88. The van der Waals surface area contributed by atoms with E-state index < -0.39 is 30.2 Å². The quantitative estimate of drug-likeness (QED) is 0.497. The summed E-state index contributed by atoms with van der Waals surface area (Å²) >= 11 is 0. The molecule has 3 atom stereocenters. The average molecular weight is 518 g/mol. The molecule has 0 bridgehead atoms. The minimum atomic E-state index is -0.925. The molecule has 38 heavy (non-hydrogen) atoms. The van der Waals surface area contributed by atoms with Gasteiger partial charge in [-0.05, 0) is 37.0 Å². The topological polar surface area (TPSA) is 109 Å². The van der Waals surface area contributed by atoms with Gasteiger partial charge in [0.15, 0.2) is 0 Å². The summed E-state index contributed by atoms with van der Waals surface area (Å²) in [6.07, 6.45) is 0.769. The number of ketones is 1. The summed E-state index contributed by atoms with van der Waals surface area (Å²) in [7, 11) is 1.29. The van der Waals surface area contributed by atoms with Gasteiger partial charge in [-0.25, -0.2) is 9.59 Å². The molecule has 1 aromatic heterocycles. The Bertz CT molecular complexity index is 1370. The number of ether oxygens (including phenoxy) is 2. The van der Waals surface area contributed by atoms with Gasteiger partial charge in [0.25, 0.3) is 0 Å². The van der Waals surface area contributed by atoms with E-state index in [1.54, 1.807) is 0 Å². The molecule has 2 aliphatic heterocycles. The number of nitrogens with one attached hydrogen (secondary N) is 1. The predicted octanol–water partition coefficient (Wildman–Crippen LogP) is 3.92. The van der Waals surface area contributed by atoms with Crippen LogP contribution in [0, 0.1) is 0 Å². The zero-order chi connectivity index (χ0) is 26.8. The summed E-state index contributed by atoms with van der Waals surface area (Å²) in [5.74, 6) is -1.06. The highest BCUT2D eigenvalue weighted by atomic mass is 16.6. The summed E-state index contributed by atoms with van der Waals surface area (Å²) in [6, 6.07) is 14.6. The predicted molar refractivity (Wildman–Crippen MR) is 139 cm³/mol. The fourth-order valence-electron chi connectivity index (χ4n) is 5.70. The Morgan fingerprint density at radius 2 is 1.74 bits per heavy atom. The van der Waals surface area contributed by atoms with Gasteiger partial charge < -0.3 is 19.4 Å². The molecule has 1 saturated heterocycles. The van der Waals surface area contributed by atoms with E-state index in [1.807, 2.05) is 54.6 Å². The zero-order valence-electron chi connectivity index (χ0n) is 21.5. The van der Waals surface area contributed by atoms with E-state index in [2.05, 4.69) is 4.98 Å². The van der Waals surface area contributed by atoms with Gasteiger partial charge in [0, 0.05) is 36.0 Å². The first-order valence-electron chi connectivity index (χ1n) is 12.8. The van der Waals surface area contributed by atoms with E-state index in [1.165, 1.54) is 23.8 Å². The van der Waals surface area contributed by atoms with Gasteiger partial charge in [-0.3, -0.25) is 14.5 Å². The number of Topliss-reactive ketones (excluding diaryl/α,β-unsaturated/α-hetero) is 1. The van der Waals surface area contributed by atoms with Gasteiger partial charge >= 0.3 is 12.1 Å². The molecule has 1 N–H and O–H groups in total. The monoisotopic (exact) mass is 517 g/mol. The number of esters is 1. The molecule has 0 spiro atoms. The Hall–Kier alpha value is -4.14. The van der Waals surface area contributed by atoms with Crippen LogP contribution in [0.1, 0.15) is 49.0 Å². The number of rotatable bonds is 6. The number of benzene rings is 2. The number of hydrogen-bond acceptors (Lipinski definition) is 6. The van der Waals surface area contributed by atoms with Crippen LogP contribution in [0.25, 0.3) is 10.9 Å². The lowest BCUT2D eigenvalue weighted by molar-refractivity contribution is -0.158. The smallest absolute Gasteiger partial charge is 0.410 e. The Labute approximate surface area is 220 Å². The summed E-state index contributed by atoms with van der Waals surface area (Å²) in [4.78, 5) is 59.0. The van der Waals surface area contributed by atoms with Crippen molar-refractivity contribution in [2.45, 2.75) is 57.3 Å². The molecule has 2 amide bonds. The minimum absolute atomic E-state index is 0.0320. The fourth-order valence-corrected chi connectivity index (χ4v) is 5.70. The number of H-pyrrole nitrogens is 1. The van der Waals surface area contributed by atoms with Gasteiger partial charge in [0.2, 0.25) is 5.91 Å². The second kappa shape index (κ2) is 10.7. The molecule has 1 fully saturated rings. The largest absolute Gasteiger partial charge is 0.467 e. The number of para-hydroxylation sites is 1. The van der Waals surface area contributed by atoms with Crippen molar-refractivity contribution in [3.8, 4) is 0 Å². The number of aromatic nitrogens is 1. The van der Waals surface area contributed by atoms with Crippen LogP contribution < -0.4 is 0 Å². The summed E-state index contributed by atoms with van der Waals surface area (Å²) < 4.78 is 10.6. The SMILES string of the molecule is COC(=O)[C@@H]1Cc2c([nH]c3ccccc23)[C@@H](CC(C)=O)N1C(=O)[C@@H]1CCCN1C(=O)OCc1ccccc1. The molecule has 9 nitrogen and oxygen atoms in total. The molecule has 0 radical (unpaired) electrons. The number of nitrogens with zero attached hydrogens (tertiary/aromatic N) is 2. The number of carbonyl (C=O) groups is 4. The molecule has 3 heterocycles. The third kappa shape index (κ3) is 4.76. The first-order chi connectivity index (χ1) is 18.4. The molecule has 198 valence electrons. The van der Waals surface area contributed by atoms with Crippen LogP contribution in [0.2, 0.25) is 0 Å². The van der Waals surface area contributed by atoms with Crippen LogP contribution >= 0.6 is 0 Å². The van der Waals surface area contributed by atoms with E-state index in [0.717, 1.165) is 27.7 Å². The Kier molecular flexibility index (Phi) is 7.18. The molecule has 5 rings (SSSR count). The molecule has 0 unspecified atom stereocenters. The molecule has 0 saturated carbocycles. The maximum Gasteiger partial charge on any atom is 0.410 e. The van der Waals surface area contributed by atoms with Crippen molar-refractivity contribution in [1.29, 1.82) is 0 Å². The van der Waals surface area contributed by atoms with Gasteiger partial charge in [0.1, 0.15) is 24.5 Å². The minimum Gasteiger partial charge on any atom is -0.467 e. The van der Waals surface area contributed by atoms with E-state index >= 15 is 0 Å². The van der Waals surface area contributed by atoms with Gasteiger partial charge in [-0.2, -0.15) is 0 Å². The summed E-state index contributed by atoms with van der Waals surface area (Å²) in [6.45, 7) is 1.93. The number of hydrogen-bond donors (Lipinski definition) is 1. The lowest BCUT2D eigenvalue weighted by Gasteiger charge is -2.42. The summed E-state index contributed by atoms with van der Waals surface area (Å²) in [5.41, 5.74) is 3.36. The second-order valence-corrected chi connectivity index (χ2v) is 9.86.